The number of methoxy groups -OCH3 is 3. The molecule has 0 saturated heterocycles. The maximum absolute atomic E-state index is 13.6. The lowest BCUT2D eigenvalue weighted by molar-refractivity contribution is 0.323. The maximum atomic E-state index is 13.6. The number of benzene rings is 2. The summed E-state index contributed by atoms with van der Waals surface area (Å²) in [6, 6.07) is 3.37. The first kappa shape index (κ1) is 20.9. The normalized spacial score (nSPS) is 11.1. The van der Waals surface area contributed by atoms with Gasteiger partial charge in [-0.1, -0.05) is 6.07 Å². The van der Waals surface area contributed by atoms with Crippen molar-refractivity contribution >= 4 is 17.8 Å². The Kier molecular flexibility index (Phi) is 6.95. The molecule has 0 aromatic heterocycles. The van der Waals surface area contributed by atoms with Gasteiger partial charge in [0.25, 0.3) is 0 Å². The molecule has 27 heavy (non-hydrogen) atoms. The van der Waals surface area contributed by atoms with Gasteiger partial charge in [-0.3, -0.25) is 0 Å². The van der Waals surface area contributed by atoms with E-state index in [0.29, 0.717) is 22.8 Å². The Bertz CT molecular complexity index is 842. The van der Waals surface area contributed by atoms with Crippen LogP contribution in [-0.4, -0.2) is 21.3 Å². The molecule has 0 spiro atoms. The Labute approximate surface area is 156 Å². The van der Waals surface area contributed by atoms with Gasteiger partial charge in [0.05, 0.1) is 26.9 Å². The summed E-state index contributed by atoms with van der Waals surface area (Å²) in [5, 5.41) is 1.23. The van der Waals surface area contributed by atoms with E-state index in [1.807, 2.05) is 0 Å². The zero-order valence-electron chi connectivity index (χ0n) is 14.5. The van der Waals surface area contributed by atoms with Crippen LogP contribution in [0.3, 0.4) is 0 Å². The van der Waals surface area contributed by atoms with Gasteiger partial charge in [-0.25, -0.2) is 22.0 Å². The highest BCUT2D eigenvalue weighted by atomic mass is 32.2. The van der Waals surface area contributed by atoms with Gasteiger partial charge in [0.2, 0.25) is 11.6 Å². The average molecular weight is 406 g/mol. The molecule has 9 heteroatoms. The van der Waals surface area contributed by atoms with E-state index in [4.69, 9.17) is 14.2 Å². The molecular formula is C18H15F5O3S. The molecule has 3 nitrogen and oxygen atoms in total. The third kappa shape index (κ3) is 4.13. The molecule has 0 aliphatic rings. The number of hydrogen-bond donors (Lipinski definition) is 0. The molecule has 2 aromatic rings. The van der Waals surface area contributed by atoms with E-state index in [2.05, 4.69) is 0 Å². The molecule has 0 N–H and O–H groups in total. The average Bonchev–Trinajstić information content (AvgIpc) is 2.69. The third-order valence-electron chi connectivity index (χ3n) is 3.60. The molecule has 0 heterocycles. The van der Waals surface area contributed by atoms with Crippen LogP contribution >= 0.6 is 11.8 Å². The summed E-state index contributed by atoms with van der Waals surface area (Å²) in [5.74, 6) is -8.39. The molecular weight excluding hydrogens is 391 g/mol. The largest absolute Gasteiger partial charge is 0.493 e. The van der Waals surface area contributed by atoms with Gasteiger partial charge in [-0.05, 0) is 17.6 Å². The molecule has 0 saturated carbocycles. The number of hydrogen-bond acceptors (Lipinski definition) is 4. The topological polar surface area (TPSA) is 27.7 Å². The second-order valence-corrected chi connectivity index (χ2v) is 5.98. The van der Waals surface area contributed by atoms with Gasteiger partial charge in [-0.2, -0.15) is 0 Å². The standard InChI is InChI=1S/C18H15F5O3S/c1-24-11-5-4-9(17(25-2)18(11)26-3)8-27-7-6-10-12(19)14(21)16(23)15(22)13(10)20/h4-7H,8H2,1-3H3. The maximum Gasteiger partial charge on any atom is 0.203 e. The molecule has 0 aliphatic heterocycles. The summed E-state index contributed by atoms with van der Waals surface area (Å²) in [6.45, 7) is 0. The second kappa shape index (κ2) is 8.98. The lowest BCUT2D eigenvalue weighted by atomic mass is 10.1. The zero-order valence-corrected chi connectivity index (χ0v) is 15.4. The quantitative estimate of drug-likeness (QED) is 0.354. The number of thioether (sulfide) groups is 1. The van der Waals surface area contributed by atoms with Crippen LogP contribution in [0.25, 0.3) is 6.08 Å². The Morgan fingerprint density at radius 1 is 0.778 bits per heavy atom. The molecule has 146 valence electrons. The first-order valence-corrected chi connectivity index (χ1v) is 8.49. The fraction of sp³-hybridized carbons (Fsp3) is 0.222. The van der Waals surface area contributed by atoms with Gasteiger partial charge in [0, 0.05) is 11.3 Å². The predicted molar refractivity (Wildman–Crippen MR) is 92.7 cm³/mol. The lowest BCUT2D eigenvalue weighted by Crippen LogP contribution is -2.03. The van der Waals surface area contributed by atoms with Crippen molar-refractivity contribution in [2.45, 2.75) is 5.75 Å². The molecule has 2 aromatic carbocycles. The Morgan fingerprint density at radius 3 is 1.85 bits per heavy atom. The molecule has 0 amide bonds. The fourth-order valence-corrected chi connectivity index (χ4v) is 3.03. The van der Waals surface area contributed by atoms with Gasteiger partial charge >= 0.3 is 0 Å². The van der Waals surface area contributed by atoms with E-state index in [1.165, 1.54) is 26.7 Å². The molecule has 0 radical (unpaired) electrons. The smallest absolute Gasteiger partial charge is 0.203 e. The minimum absolute atomic E-state index is 0.287. The Hall–Kier alpha value is -2.42. The van der Waals surface area contributed by atoms with Crippen molar-refractivity contribution in [3.05, 3.63) is 57.8 Å². The van der Waals surface area contributed by atoms with Crippen LogP contribution in [0.1, 0.15) is 11.1 Å². The Balaban J connectivity index is 2.23. The highest BCUT2D eigenvalue weighted by Crippen LogP contribution is 2.41. The number of ether oxygens (including phenoxy) is 3. The van der Waals surface area contributed by atoms with Crippen molar-refractivity contribution in [1.29, 1.82) is 0 Å². The zero-order chi connectivity index (χ0) is 20.1. The minimum atomic E-state index is -2.19. The predicted octanol–water partition coefficient (Wildman–Crippen LogP) is 5.31. The van der Waals surface area contributed by atoms with Gasteiger partial charge in [0.15, 0.2) is 34.8 Å². The number of rotatable bonds is 7. The lowest BCUT2D eigenvalue weighted by Gasteiger charge is -2.15. The minimum Gasteiger partial charge on any atom is -0.493 e. The SMILES string of the molecule is COc1ccc(CSC=Cc2c(F)c(F)c(F)c(F)c2F)c(OC)c1OC. The highest BCUT2D eigenvalue weighted by Gasteiger charge is 2.24. The van der Waals surface area contributed by atoms with Crippen LogP contribution in [-0.2, 0) is 5.75 Å². The van der Waals surface area contributed by atoms with Crippen molar-refractivity contribution in [3.63, 3.8) is 0 Å². The van der Waals surface area contributed by atoms with Crippen LogP contribution in [0.15, 0.2) is 17.5 Å². The van der Waals surface area contributed by atoms with E-state index >= 15 is 0 Å². The van der Waals surface area contributed by atoms with Crippen molar-refractivity contribution in [1.82, 2.24) is 0 Å². The van der Waals surface area contributed by atoms with Crippen LogP contribution in [0.4, 0.5) is 22.0 Å². The first-order chi connectivity index (χ1) is 12.9. The van der Waals surface area contributed by atoms with E-state index in [-0.39, 0.29) is 5.75 Å². The molecule has 0 bridgehead atoms. The number of halogens is 5. The summed E-state index contributed by atoms with van der Waals surface area (Å²) < 4.78 is 82.4. The summed E-state index contributed by atoms with van der Waals surface area (Å²) in [7, 11) is 4.36. The van der Waals surface area contributed by atoms with E-state index in [9.17, 15) is 22.0 Å². The van der Waals surface area contributed by atoms with E-state index in [0.717, 1.165) is 17.8 Å². The monoisotopic (exact) mass is 406 g/mol. The molecule has 0 unspecified atom stereocenters. The van der Waals surface area contributed by atoms with Crippen LogP contribution in [0.2, 0.25) is 0 Å². The molecule has 2 rings (SSSR count). The second-order valence-electron chi connectivity index (χ2n) is 5.09. The van der Waals surface area contributed by atoms with Crippen LogP contribution in [0.5, 0.6) is 17.2 Å². The van der Waals surface area contributed by atoms with Crippen molar-refractivity contribution in [3.8, 4) is 17.2 Å². The van der Waals surface area contributed by atoms with Crippen molar-refractivity contribution in [2.75, 3.05) is 21.3 Å². The van der Waals surface area contributed by atoms with Crippen LogP contribution < -0.4 is 14.2 Å². The first-order valence-electron chi connectivity index (χ1n) is 7.44. The van der Waals surface area contributed by atoms with E-state index < -0.39 is 34.6 Å². The highest BCUT2D eigenvalue weighted by molar-refractivity contribution is 8.01. The van der Waals surface area contributed by atoms with Crippen molar-refractivity contribution in [2.24, 2.45) is 0 Å². The molecule has 0 aliphatic carbocycles. The molecule has 0 atom stereocenters. The van der Waals surface area contributed by atoms with Crippen LogP contribution in [0, 0.1) is 29.1 Å². The fourth-order valence-electron chi connectivity index (χ4n) is 2.30. The summed E-state index contributed by atoms with van der Waals surface area (Å²) in [6.07, 6.45) is 0.828. The van der Waals surface area contributed by atoms with Gasteiger partial charge in [0.1, 0.15) is 0 Å². The Morgan fingerprint density at radius 2 is 1.33 bits per heavy atom. The summed E-state index contributed by atoms with van der Waals surface area (Å²) >= 11 is 1.07. The van der Waals surface area contributed by atoms with Crippen molar-refractivity contribution < 1.29 is 36.2 Å². The third-order valence-corrected chi connectivity index (χ3v) is 4.41. The van der Waals surface area contributed by atoms with Gasteiger partial charge < -0.3 is 14.2 Å². The van der Waals surface area contributed by atoms with Gasteiger partial charge in [-0.15, -0.1) is 11.8 Å². The van der Waals surface area contributed by atoms with E-state index in [1.54, 1.807) is 12.1 Å². The molecule has 0 fully saturated rings. The summed E-state index contributed by atoms with van der Waals surface area (Å²) in [4.78, 5) is 0. The summed E-state index contributed by atoms with van der Waals surface area (Å²) in [5.41, 5.74) is -0.319.